The maximum absolute atomic E-state index is 13.2. The maximum atomic E-state index is 13.2. The minimum atomic E-state index is -3.56. The molecule has 1 saturated heterocycles. The number of hydrogen-bond donors (Lipinski definition) is 0. The summed E-state index contributed by atoms with van der Waals surface area (Å²) in [5, 5.41) is 0.125. The average molecular weight is 423 g/mol. The Kier molecular flexibility index (Phi) is 5.11. The zero-order valence-electron chi connectivity index (χ0n) is 15.3. The van der Waals surface area contributed by atoms with Crippen LogP contribution in [-0.2, 0) is 22.3 Å². The van der Waals surface area contributed by atoms with E-state index >= 15 is 0 Å². The van der Waals surface area contributed by atoms with Crippen LogP contribution in [0.15, 0.2) is 36.7 Å². The third kappa shape index (κ3) is 3.52. The molecular weight excluding hydrogens is 403 g/mol. The van der Waals surface area contributed by atoms with Crippen molar-refractivity contribution in [2.45, 2.75) is 31.6 Å². The Morgan fingerprint density at radius 3 is 2.89 bits per heavy atom. The number of rotatable bonds is 5. The van der Waals surface area contributed by atoms with Crippen LogP contribution in [0.1, 0.15) is 30.7 Å². The highest BCUT2D eigenvalue weighted by Crippen LogP contribution is 2.32. The Hall–Kier alpha value is -2.03. The summed E-state index contributed by atoms with van der Waals surface area (Å²) in [6.07, 6.45) is 4.19. The summed E-state index contributed by atoms with van der Waals surface area (Å²) in [6, 6.07) is 5.65. The van der Waals surface area contributed by atoms with Gasteiger partial charge in [-0.3, -0.25) is 4.98 Å². The second kappa shape index (κ2) is 7.42. The van der Waals surface area contributed by atoms with Crippen molar-refractivity contribution < 1.29 is 12.8 Å². The number of hydrogen-bond acceptors (Lipinski definition) is 4. The van der Waals surface area contributed by atoms with Gasteiger partial charge in [0.1, 0.15) is 11.6 Å². The van der Waals surface area contributed by atoms with Crippen LogP contribution in [0.5, 0.6) is 0 Å². The lowest BCUT2D eigenvalue weighted by atomic mass is 10.1. The molecule has 0 amide bonds. The molecule has 1 atom stereocenters. The Balaban J connectivity index is 1.57. The van der Waals surface area contributed by atoms with Crippen LogP contribution >= 0.6 is 11.6 Å². The van der Waals surface area contributed by atoms with E-state index < -0.39 is 15.8 Å². The van der Waals surface area contributed by atoms with Crippen LogP contribution in [0, 0.1) is 5.82 Å². The highest BCUT2D eigenvalue weighted by Gasteiger charge is 2.35. The monoisotopic (exact) mass is 422 g/mol. The lowest BCUT2D eigenvalue weighted by Crippen LogP contribution is -2.30. The minimum absolute atomic E-state index is 0.0193. The van der Waals surface area contributed by atoms with E-state index in [4.69, 9.17) is 16.6 Å². The van der Waals surface area contributed by atoms with Gasteiger partial charge in [-0.05, 0) is 37.1 Å². The van der Waals surface area contributed by atoms with Crippen LogP contribution < -0.4 is 0 Å². The van der Waals surface area contributed by atoms with Crippen molar-refractivity contribution in [3.63, 3.8) is 0 Å². The van der Waals surface area contributed by atoms with Crippen molar-refractivity contribution in [2.24, 2.45) is 0 Å². The van der Waals surface area contributed by atoms with Gasteiger partial charge in [0, 0.05) is 36.8 Å². The molecule has 6 nitrogen and oxygen atoms in total. The fourth-order valence-electron chi connectivity index (χ4n) is 3.75. The highest BCUT2D eigenvalue weighted by molar-refractivity contribution is 7.88. The molecule has 0 saturated carbocycles. The Labute approximate surface area is 168 Å². The van der Waals surface area contributed by atoms with Crippen molar-refractivity contribution in [1.29, 1.82) is 0 Å². The van der Waals surface area contributed by atoms with E-state index in [2.05, 4.69) is 9.55 Å². The average Bonchev–Trinajstić information content (AvgIpc) is 3.28. The molecule has 148 valence electrons. The lowest BCUT2D eigenvalue weighted by Gasteiger charge is -2.17. The zero-order chi connectivity index (χ0) is 19.9. The van der Waals surface area contributed by atoms with Crippen molar-refractivity contribution in [3.8, 4) is 0 Å². The van der Waals surface area contributed by atoms with Crippen molar-refractivity contribution >= 4 is 32.7 Å². The van der Waals surface area contributed by atoms with E-state index in [0.29, 0.717) is 25.1 Å². The number of benzene rings is 1. The first-order valence-electron chi connectivity index (χ1n) is 9.11. The lowest BCUT2D eigenvalue weighted by molar-refractivity contribution is 0.468. The van der Waals surface area contributed by atoms with Crippen molar-refractivity contribution in [1.82, 2.24) is 18.8 Å². The van der Waals surface area contributed by atoms with Crippen LogP contribution in [-0.4, -0.2) is 40.3 Å². The molecule has 0 unspecified atom stereocenters. The maximum Gasteiger partial charge on any atom is 0.218 e. The van der Waals surface area contributed by atoms with Gasteiger partial charge >= 0.3 is 0 Å². The second-order valence-corrected chi connectivity index (χ2v) is 9.29. The van der Waals surface area contributed by atoms with Gasteiger partial charge in [-0.2, -0.15) is 0 Å². The Morgan fingerprint density at radius 1 is 1.32 bits per heavy atom. The molecule has 9 heteroatoms. The third-order valence-electron chi connectivity index (χ3n) is 5.16. The molecule has 28 heavy (non-hydrogen) atoms. The highest BCUT2D eigenvalue weighted by atomic mass is 35.5. The van der Waals surface area contributed by atoms with Gasteiger partial charge < -0.3 is 4.57 Å². The van der Waals surface area contributed by atoms with Crippen LogP contribution in [0.4, 0.5) is 4.39 Å². The van der Waals surface area contributed by atoms with Gasteiger partial charge in [-0.15, -0.1) is 0 Å². The van der Waals surface area contributed by atoms with E-state index in [1.54, 1.807) is 12.4 Å². The molecule has 4 rings (SSSR count). The van der Waals surface area contributed by atoms with Crippen LogP contribution in [0.2, 0.25) is 5.02 Å². The summed E-state index contributed by atoms with van der Waals surface area (Å²) in [6.45, 7) is 3.58. The Bertz CT molecular complexity index is 1130. The van der Waals surface area contributed by atoms with Crippen LogP contribution in [0.3, 0.4) is 0 Å². The molecule has 3 heterocycles. The molecule has 0 bridgehead atoms. The largest absolute Gasteiger partial charge is 0.327 e. The summed E-state index contributed by atoms with van der Waals surface area (Å²) in [7, 11) is -3.56. The molecular formula is C19H20ClFN4O2S. The van der Waals surface area contributed by atoms with E-state index in [-0.39, 0.29) is 16.7 Å². The van der Waals surface area contributed by atoms with Gasteiger partial charge in [0.15, 0.2) is 0 Å². The smallest absolute Gasteiger partial charge is 0.218 e. The second-order valence-electron chi connectivity index (χ2n) is 6.91. The van der Waals surface area contributed by atoms with Gasteiger partial charge in [-0.1, -0.05) is 17.7 Å². The molecule has 0 N–H and O–H groups in total. The fraction of sp³-hybridized carbons (Fsp3) is 0.368. The van der Waals surface area contributed by atoms with E-state index in [0.717, 1.165) is 29.5 Å². The molecule has 1 aliphatic rings. The molecule has 0 radical (unpaired) electrons. The molecule has 1 aromatic carbocycles. The summed E-state index contributed by atoms with van der Waals surface area (Å²) < 4.78 is 42.6. The number of nitrogens with zero attached hydrogens (tertiary/aromatic N) is 4. The molecule has 1 aliphatic heterocycles. The zero-order valence-corrected chi connectivity index (χ0v) is 16.9. The first-order chi connectivity index (χ1) is 13.4. The van der Waals surface area contributed by atoms with Crippen LogP contribution in [0.25, 0.3) is 11.0 Å². The first-order valence-corrected chi connectivity index (χ1v) is 11.1. The summed E-state index contributed by atoms with van der Waals surface area (Å²) in [5.74, 6) is 0.182. The Morgan fingerprint density at radius 2 is 2.14 bits per heavy atom. The number of aryl methyl sites for hydroxylation is 1. The van der Waals surface area contributed by atoms with E-state index in [1.165, 1.54) is 16.4 Å². The number of halogens is 2. The summed E-state index contributed by atoms with van der Waals surface area (Å²) in [4.78, 5) is 8.90. The fourth-order valence-corrected chi connectivity index (χ4v) is 5.68. The predicted molar refractivity (Wildman–Crippen MR) is 106 cm³/mol. The van der Waals surface area contributed by atoms with E-state index in [1.807, 2.05) is 13.0 Å². The number of fused-ring (bicyclic) bond motifs is 1. The van der Waals surface area contributed by atoms with Gasteiger partial charge in [0.05, 0.1) is 23.0 Å². The number of imidazole rings is 1. The number of aromatic nitrogens is 3. The minimum Gasteiger partial charge on any atom is -0.327 e. The SMILES string of the molecule is CCn1c([C@@H]2CCN(S(=O)(=O)Cc3ccc(F)cc3Cl)C2)nc2ccncc21. The number of sulfonamides is 1. The standard InChI is InChI=1S/C19H20ClFN4O2S/c1-2-25-18-10-22-7-5-17(18)23-19(25)13-6-8-24(11-13)28(26,27)12-14-3-4-15(21)9-16(14)20/h3-5,7,9-10,13H,2,6,8,11-12H2,1H3/t13-/m1/s1. The summed E-state index contributed by atoms with van der Waals surface area (Å²) in [5.41, 5.74) is 2.23. The molecule has 1 fully saturated rings. The third-order valence-corrected chi connectivity index (χ3v) is 7.30. The van der Waals surface area contributed by atoms with Gasteiger partial charge in [-0.25, -0.2) is 22.1 Å². The van der Waals surface area contributed by atoms with Crippen molar-refractivity contribution in [3.05, 3.63) is 58.9 Å². The molecule has 0 aliphatic carbocycles. The van der Waals surface area contributed by atoms with Crippen molar-refractivity contribution in [2.75, 3.05) is 13.1 Å². The molecule has 0 spiro atoms. The molecule has 2 aromatic heterocycles. The first kappa shape index (κ1) is 19.3. The van der Waals surface area contributed by atoms with Gasteiger partial charge in [0.25, 0.3) is 0 Å². The quantitative estimate of drug-likeness (QED) is 0.630. The molecule has 3 aromatic rings. The normalized spacial score (nSPS) is 18.2. The number of pyridine rings is 1. The van der Waals surface area contributed by atoms with Gasteiger partial charge in [0.2, 0.25) is 10.0 Å². The topological polar surface area (TPSA) is 68.1 Å². The summed E-state index contributed by atoms with van der Waals surface area (Å²) >= 11 is 6.01. The predicted octanol–water partition coefficient (Wildman–Crippen LogP) is 3.56. The van der Waals surface area contributed by atoms with E-state index in [9.17, 15) is 12.8 Å².